The topological polar surface area (TPSA) is 49.7 Å². The van der Waals surface area contributed by atoms with Gasteiger partial charge in [0.1, 0.15) is 11.6 Å². The zero-order chi connectivity index (χ0) is 20.1. The summed E-state index contributed by atoms with van der Waals surface area (Å²) in [5.74, 6) is -0.872. The fourth-order valence-electron chi connectivity index (χ4n) is 3.63. The summed E-state index contributed by atoms with van der Waals surface area (Å²) in [7, 11) is -3.22. The number of amidine groups is 1. The number of aliphatic imine (C=N–C) groups is 1. The minimum atomic E-state index is -3.22. The van der Waals surface area contributed by atoms with Crippen LogP contribution in [0.15, 0.2) is 41.4 Å². The summed E-state index contributed by atoms with van der Waals surface area (Å²) in [6.07, 6.45) is 0. The lowest BCUT2D eigenvalue weighted by Gasteiger charge is -2.26. The average molecular weight is 423 g/mol. The number of anilines is 1. The van der Waals surface area contributed by atoms with Crippen LogP contribution in [0.1, 0.15) is 16.7 Å². The largest absolute Gasteiger partial charge is 0.312 e. The van der Waals surface area contributed by atoms with Crippen LogP contribution in [0.3, 0.4) is 0 Å². The van der Waals surface area contributed by atoms with Gasteiger partial charge in [0.25, 0.3) is 0 Å². The fraction of sp³-hybridized carbons (Fsp3) is 0.350. The molecule has 4 rings (SSSR count). The van der Waals surface area contributed by atoms with Gasteiger partial charge in [-0.1, -0.05) is 30.0 Å². The molecule has 0 unspecified atom stereocenters. The van der Waals surface area contributed by atoms with E-state index in [9.17, 15) is 17.2 Å². The van der Waals surface area contributed by atoms with Crippen LogP contribution in [-0.4, -0.2) is 37.2 Å². The lowest BCUT2D eigenvalue weighted by Crippen LogP contribution is -2.39. The van der Waals surface area contributed by atoms with Gasteiger partial charge in [0.2, 0.25) is 0 Å². The third kappa shape index (κ3) is 3.67. The number of aryl methyl sites for hydroxylation is 2. The zero-order valence-electron chi connectivity index (χ0n) is 15.5. The molecule has 28 heavy (non-hydrogen) atoms. The molecule has 0 N–H and O–H groups in total. The van der Waals surface area contributed by atoms with Crippen molar-refractivity contribution in [3.8, 4) is 0 Å². The molecule has 2 aromatic carbocycles. The molecule has 2 aliphatic heterocycles. The van der Waals surface area contributed by atoms with Crippen molar-refractivity contribution in [3.63, 3.8) is 0 Å². The van der Waals surface area contributed by atoms with Crippen LogP contribution in [0.5, 0.6) is 0 Å². The van der Waals surface area contributed by atoms with Crippen LogP contribution in [0.4, 0.5) is 14.5 Å². The minimum absolute atomic E-state index is 0.0370. The zero-order valence-corrected chi connectivity index (χ0v) is 17.2. The number of hydrogen-bond acceptors (Lipinski definition) is 5. The minimum Gasteiger partial charge on any atom is -0.312 e. The Morgan fingerprint density at radius 3 is 2.61 bits per heavy atom. The second-order valence-electron chi connectivity index (χ2n) is 7.30. The van der Waals surface area contributed by atoms with E-state index < -0.39 is 33.6 Å². The third-order valence-corrected chi connectivity index (χ3v) is 7.95. The normalized spacial score (nSPS) is 23.0. The van der Waals surface area contributed by atoms with Gasteiger partial charge in [0, 0.05) is 11.8 Å². The quantitative estimate of drug-likeness (QED) is 0.754. The molecule has 0 amide bonds. The molecule has 0 spiro atoms. The number of benzene rings is 2. The first-order valence-electron chi connectivity index (χ1n) is 8.95. The third-order valence-electron chi connectivity index (χ3n) is 5.22. The molecule has 4 nitrogen and oxygen atoms in total. The average Bonchev–Trinajstić information content (AvgIpc) is 3.08. The lowest BCUT2D eigenvalue weighted by atomic mass is 10.1. The van der Waals surface area contributed by atoms with Crippen molar-refractivity contribution < 1.29 is 17.2 Å². The van der Waals surface area contributed by atoms with Crippen LogP contribution >= 0.6 is 11.8 Å². The number of halogens is 2. The van der Waals surface area contributed by atoms with Gasteiger partial charge in [-0.25, -0.2) is 17.2 Å². The Morgan fingerprint density at radius 1 is 1.11 bits per heavy atom. The highest BCUT2D eigenvalue weighted by Gasteiger charge is 2.47. The molecule has 2 atom stereocenters. The van der Waals surface area contributed by atoms with E-state index in [0.29, 0.717) is 10.9 Å². The van der Waals surface area contributed by atoms with Crippen molar-refractivity contribution in [2.45, 2.75) is 31.7 Å². The molecular weight excluding hydrogens is 402 g/mol. The Labute approximate surface area is 167 Å². The van der Waals surface area contributed by atoms with Gasteiger partial charge in [-0.15, -0.1) is 0 Å². The molecule has 8 heteroatoms. The molecule has 2 aromatic rings. The van der Waals surface area contributed by atoms with Crippen molar-refractivity contribution in [2.24, 2.45) is 4.99 Å². The Kier molecular flexibility index (Phi) is 4.95. The molecule has 2 heterocycles. The molecule has 0 aliphatic carbocycles. The van der Waals surface area contributed by atoms with Crippen LogP contribution in [0, 0.1) is 25.5 Å². The van der Waals surface area contributed by atoms with E-state index >= 15 is 0 Å². The van der Waals surface area contributed by atoms with Gasteiger partial charge < -0.3 is 4.90 Å². The van der Waals surface area contributed by atoms with Gasteiger partial charge in [0.05, 0.1) is 29.3 Å². The van der Waals surface area contributed by atoms with E-state index in [-0.39, 0.29) is 17.2 Å². The van der Waals surface area contributed by atoms with E-state index in [1.54, 1.807) is 4.90 Å². The summed E-state index contributed by atoms with van der Waals surface area (Å²) < 4.78 is 52.0. The highest BCUT2D eigenvalue weighted by atomic mass is 32.2. The molecule has 1 fully saturated rings. The first-order valence-corrected chi connectivity index (χ1v) is 11.8. The molecule has 0 aromatic heterocycles. The summed E-state index contributed by atoms with van der Waals surface area (Å²) in [6, 6.07) is 8.68. The summed E-state index contributed by atoms with van der Waals surface area (Å²) >= 11 is 1.45. The predicted molar refractivity (Wildman–Crippen MR) is 110 cm³/mol. The SMILES string of the molecule is Cc1ccc(CSC2=N[C@H]3CS(=O)(=O)C[C@H]3N2c2ccc(F)cc2F)cc1C. The maximum Gasteiger partial charge on any atom is 0.164 e. The number of rotatable bonds is 3. The Balaban J connectivity index is 1.64. The molecule has 0 bridgehead atoms. The molecular formula is C20H20F2N2O2S2. The van der Waals surface area contributed by atoms with Crippen molar-refractivity contribution in [3.05, 3.63) is 64.7 Å². The second kappa shape index (κ2) is 7.15. The highest BCUT2D eigenvalue weighted by Crippen LogP contribution is 2.37. The number of hydrogen-bond donors (Lipinski definition) is 0. The summed E-state index contributed by atoms with van der Waals surface area (Å²) in [5.41, 5.74) is 3.68. The van der Waals surface area contributed by atoms with E-state index in [4.69, 9.17) is 0 Å². The van der Waals surface area contributed by atoms with E-state index in [1.807, 2.05) is 19.9 Å². The molecule has 0 saturated carbocycles. The van der Waals surface area contributed by atoms with Gasteiger partial charge in [-0.3, -0.25) is 4.99 Å². The maximum absolute atomic E-state index is 14.5. The van der Waals surface area contributed by atoms with Crippen molar-refractivity contribution in [1.29, 1.82) is 0 Å². The first-order chi connectivity index (χ1) is 13.2. The maximum atomic E-state index is 14.5. The predicted octanol–water partition coefficient (Wildman–Crippen LogP) is 3.86. The van der Waals surface area contributed by atoms with E-state index in [0.717, 1.165) is 11.6 Å². The number of thioether (sulfide) groups is 1. The summed E-state index contributed by atoms with van der Waals surface area (Å²) in [6.45, 7) is 4.10. The van der Waals surface area contributed by atoms with Crippen molar-refractivity contribution in [1.82, 2.24) is 0 Å². The summed E-state index contributed by atoms with van der Waals surface area (Å²) in [5, 5.41) is 0.577. The van der Waals surface area contributed by atoms with E-state index in [2.05, 4.69) is 17.1 Å². The standard InChI is InChI=1S/C20H20F2N2O2S2/c1-12-3-4-14(7-13(12)2)9-27-20-23-17-10-28(25,26)11-19(17)24(20)18-6-5-15(21)8-16(18)22/h3-8,17,19H,9-11H2,1-2H3/t17-,19+/m0/s1. The monoisotopic (exact) mass is 422 g/mol. The second-order valence-corrected chi connectivity index (χ2v) is 10.4. The van der Waals surface area contributed by atoms with Crippen LogP contribution in [0.2, 0.25) is 0 Å². The molecule has 148 valence electrons. The lowest BCUT2D eigenvalue weighted by molar-refractivity contribution is 0.577. The van der Waals surface area contributed by atoms with Gasteiger partial charge in [0.15, 0.2) is 15.0 Å². The van der Waals surface area contributed by atoms with Crippen molar-refractivity contribution >= 4 is 32.5 Å². The van der Waals surface area contributed by atoms with Gasteiger partial charge >= 0.3 is 0 Å². The number of sulfone groups is 1. The molecule has 1 saturated heterocycles. The Bertz CT molecular complexity index is 1070. The number of nitrogens with zero attached hydrogens (tertiary/aromatic N) is 2. The molecule has 2 aliphatic rings. The summed E-state index contributed by atoms with van der Waals surface area (Å²) in [4.78, 5) is 6.22. The molecule has 0 radical (unpaired) electrons. The fourth-order valence-corrected chi connectivity index (χ4v) is 6.54. The van der Waals surface area contributed by atoms with Crippen LogP contribution < -0.4 is 4.90 Å². The van der Waals surface area contributed by atoms with Crippen LogP contribution in [0.25, 0.3) is 0 Å². The van der Waals surface area contributed by atoms with E-state index in [1.165, 1.54) is 35.0 Å². The smallest absolute Gasteiger partial charge is 0.164 e. The Morgan fingerprint density at radius 2 is 1.89 bits per heavy atom. The first kappa shape index (κ1) is 19.4. The number of fused-ring (bicyclic) bond motifs is 1. The Hall–Kier alpha value is -1.93. The van der Waals surface area contributed by atoms with Crippen LogP contribution in [-0.2, 0) is 15.6 Å². The van der Waals surface area contributed by atoms with Gasteiger partial charge in [-0.05, 0) is 42.7 Å². The van der Waals surface area contributed by atoms with Crippen molar-refractivity contribution in [2.75, 3.05) is 16.4 Å². The highest BCUT2D eigenvalue weighted by molar-refractivity contribution is 8.13. The van der Waals surface area contributed by atoms with Gasteiger partial charge in [-0.2, -0.15) is 0 Å².